The van der Waals surface area contributed by atoms with Gasteiger partial charge in [-0.3, -0.25) is 0 Å². The summed E-state index contributed by atoms with van der Waals surface area (Å²) in [4.78, 5) is 0. The molecule has 0 saturated carbocycles. The van der Waals surface area contributed by atoms with Crippen molar-refractivity contribution in [2.45, 2.75) is 31.7 Å². The van der Waals surface area contributed by atoms with Gasteiger partial charge in [0, 0.05) is 6.04 Å². The van der Waals surface area contributed by atoms with E-state index in [2.05, 4.69) is 29.6 Å². The number of piperidine rings is 1. The van der Waals surface area contributed by atoms with Crippen molar-refractivity contribution in [1.29, 1.82) is 0 Å². The quantitative estimate of drug-likeness (QED) is 0.625. The van der Waals surface area contributed by atoms with Crippen LogP contribution in [0, 0.1) is 5.92 Å². The minimum absolute atomic E-state index is 0.750. The van der Waals surface area contributed by atoms with Crippen LogP contribution in [0.1, 0.15) is 25.7 Å². The van der Waals surface area contributed by atoms with Gasteiger partial charge in [0.15, 0.2) is 0 Å². The average Bonchev–Trinajstić information content (AvgIpc) is 2.21. The van der Waals surface area contributed by atoms with E-state index < -0.39 is 0 Å². The zero-order valence-electron chi connectivity index (χ0n) is 7.50. The van der Waals surface area contributed by atoms with E-state index in [0.29, 0.717) is 0 Å². The Kier molecular flexibility index (Phi) is 2.62. The molecule has 1 heterocycles. The van der Waals surface area contributed by atoms with Crippen molar-refractivity contribution < 1.29 is 0 Å². The van der Waals surface area contributed by atoms with Crippen molar-refractivity contribution in [2.24, 2.45) is 5.92 Å². The third kappa shape index (κ3) is 1.78. The number of hydrogen-bond acceptors (Lipinski definition) is 1. The Morgan fingerprint density at radius 3 is 2.83 bits per heavy atom. The molecule has 0 radical (unpaired) electrons. The first-order valence-corrected chi connectivity index (χ1v) is 5.03. The van der Waals surface area contributed by atoms with E-state index in [1.165, 1.54) is 32.2 Å². The molecule has 0 amide bonds. The third-order valence-electron chi connectivity index (χ3n) is 2.88. The molecule has 1 saturated heterocycles. The molecule has 1 aliphatic carbocycles. The van der Waals surface area contributed by atoms with E-state index >= 15 is 0 Å². The summed E-state index contributed by atoms with van der Waals surface area (Å²) in [6, 6.07) is 0.750. The maximum absolute atomic E-state index is 3.60. The average molecular weight is 163 g/mol. The fraction of sp³-hybridized carbons (Fsp3) is 0.636. The van der Waals surface area contributed by atoms with Gasteiger partial charge in [-0.1, -0.05) is 30.7 Å². The van der Waals surface area contributed by atoms with Gasteiger partial charge >= 0.3 is 0 Å². The normalized spacial score (nSPS) is 35.3. The van der Waals surface area contributed by atoms with Gasteiger partial charge < -0.3 is 5.32 Å². The molecule has 1 N–H and O–H groups in total. The first-order valence-electron chi connectivity index (χ1n) is 5.03. The molecule has 0 spiro atoms. The number of nitrogens with one attached hydrogen (secondary N) is 1. The lowest BCUT2D eigenvalue weighted by atomic mass is 9.87. The Morgan fingerprint density at radius 2 is 2.17 bits per heavy atom. The molecule has 1 fully saturated rings. The lowest BCUT2D eigenvalue weighted by Crippen LogP contribution is -2.39. The van der Waals surface area contributed by atoms with Crippen molar-refractivity contribution in [3.63, 3.8) is 0 Å². The zero-order chi connectivity index (χ0) is 8.23. The van der Waals surface area contributed by atoms with Crippen LogP contribution in [0.3, 0.4) is 0 Å². The number of allylic oxidation sites excluding steroid dienone is 3. The SMILES string of the molecule is C1=CCC([C@H]2CCCCN2)C=C1. The second kappa shape index (κ2) is 3.90. The van der Waals surface area contributed by atoms with Gasteiger partial charge in [0.05, 0.1) is 0 Å². The van der Waals surface area contributed by atoms with Gasteiger partial charge in [-0.15, -0.1) is 0 Å². The fourth-order valence-electron chi connectivity index (χ4n) is 2.14. The summed E-state index contributed by atoms with van der Waals surface area (Å²) in [5, 5.41) is 3.60. The molecule has 2 atom stereocenters. The molecule has 1 unspecified atom stereocenters. The molecule has 1 heteroatoms. The molecule has 1 nitrogen and oxygen atoms in total. The summed E-state index contributed by atoms with van der Waals surface area (Å²) in [6.07, 6.45) is 14.3. The van der Waals surface area contributed by atoms with Crippen LogP contribution in [-0.2, 0) is 0 Å². The molecule has 66 valence electrons. The van der Waals surface area contributed by atoms with Gasteiger partial charge in [0.25, 0.3) is 0 Å². The standard InChI is InChI=1S/C11H17N/c1-2-6-10(7-3-1)11-8-4-5-9-12-11/h1-3,6,10-12H,4-5,7-9H2/t10?,11-/m1/s1. The largest absolute Gasteiger partial charge is 0.313 e. The predicted octanol–water partition coefficient (Wildman–Crippen LogP) is 2.26. The van der Waals surface area contributed by atoms with Crippen molar-refractivity contribution in [1.82, 2.24) is 5.32 Å². The fourth-order valence-corrected chi connectivity index (χ4v) is 2.14. The smallest absolute Gasteiger partial charge is 0.0133 e. The first-order chi connectivity index (χ1) is 5.97. The Morgan fingerprint density at radius 1 is 1.17 bits per heavy atom. The van der Waals surface area contributed by atoms with Crippen LogP contribution < -0.4 is 5.32 Å². The van der Waals surface area contributed by atoms with Gasteiger partial charge in [-0.05, 0) is 31.7 Å². The van der Waals surface area contributed by atoms with Crippen LogP contribution in [0.5, 0.6) is 0 Å². The summed E-state index contributed by atoms with van der Waals surface area (Å²) >= 11 is 0. The number of hydrogen-bond donors (Lipinski definition) is 1. The minimum Gasteiger partial charge on any atom is -0.313 e. The predicted molar refractivity (Wildman–Crippen MR) is 52.0 cm³/mol. The van der Waals surface area contributed by atoms with Gasteiger partial charge in [-0.2, -0.15) is 0 Å². The van der Waals surface area contributed by atoms with Crippen molar-refractivity contribution in [3.05, 3.63) is 24.3 Å². The maximum atomic E-state index is 3.60. The summed E-state index contributed by atoms with van der Waals surface area (Å²) in [5.41, 5.74) is 0. The monoisotopic (exact) mass is 163 g/mol. The Balaban J connectivity index is 1.90. The van der Waals surface area contributed by atoms with E-state index in [0.717, 1.165) is 12.0 Å². The molecule has 2 aliphatic rings. The highest BCUT2D eigenvalue weighted by molar-refractivity contribution is 5.13. The summed E-state index contributed by atoms with van der Waals surface area (Å²) in [5.74, 6) is 0.760. The van der Waals surface area contributed by atoms with E-state index in [9.17, 15) is 0 Å². The zero-order valence-corrected chi connectivity index (χ0v) is 7.50. The number of rotatable bonds is 1. The molecule has 1 aliphatic heterocycles. The summed E-state index contributed by atoms with van der Waals surface area (Å²) in [7, 11) is 0. The van der Waals surface area contributed by atoms with Gasteiger partial charge in [0.2, 0.25) is 0 Å². The molecule has 2 rings (SSSR count). The van der Waals surface area contributed by atoms with Gasteiger partial charge in [0.1, 0.15) is 0 Å². The van der Waals surface area contributed by atoms with Crippen LogP contribution in [0.25, 0.3) is 0 Å². The molecule has 0 aromatic heterocycles. The second-order valence-corrected chi connectivity index (χ2v) is 3.77. The van der Waals surface area contributed by atoms with Crippen LogP contribution in [0.15, 0.2) is 24.3 Å². The lowest BCUT2D eigenvalue weighted by Gasteiger charge is -2.29. The first kappa shape index (κ1) is 8.06. The van der Waals surface area contributed by atoms with Crippen molar-refractivity contribution in [3.8, 4) is 0 Å². The minimum atomic E-state index is 0.750. The molecule has 0 bridgehead atoms. The lowest BCUT2D eigenvalue weighted by molar-refractivity contribution is 0.332. The van der Waals surface area contributed by atoms with Gasteiger partial charge in [-0.25, -0.2) is 0 Å². The van der Waals surface area contributed by atoms with E-state index in [-0.39, 0.29) is 0 Å². The Bertz CT molecular complexity index is 187. The summed E-state index contributed by atoms with van der Waals surface area (Å²) < 4.78 is 0. The topological polar surface area (TPSA) is 12.0 Å². The highest BCUT2D eigenvalue weighted by Gasteiger charge is 2.20. The van der Waals surface area contributed by atoms with E-state index in [4.69, 9.17) is 0 Å². The Labute approximate surface area is 74.5 Å². The Hall–Kier alpha value is -0.560. The van der Waals surface area contributed by atoms with E-state index in [1.807, 2.05) is 0 Å². The maximum Gasteiger partial charge on any atom is 0.0133 e. The van der Waals surface area contributed by atoms with Crippen LogP contribution in [-0.4, -0.2) is 12.6 Å². The van der Waals surface area contributed by atoms with Crippen molar-refractivity contribution >= 4 is 0 Å². The van der Waals surface area contributed by atoms with Crippen LogP contribution >= 0.6 is 0 Å². The molecule has 0 aromatic rings. The van der Waals surface area contributed by atoms with Crippen LogP contribution in [0.4, 0.5) is 0 Å². The molecule has 12 heavy (non-hydrogen) atoms. The van der Waals surface area contributed by atoms with Crippen molar-refractivity contribution in [2.75, 3.05) is 6.54 Å². The molecule has 0 aromatic carbocycles. The highest BCUT2D eigenvalue weighted by atomic mass is 14.9. The summed E-state index contributed by atoms with van der Waals surface area (Å²) in [6.45, 7) is 1.22. The second-order valence-electron chi connectivity index (χ2n) is 3.77. The highest BCUT2D eigenvalue weighted by Crippen LogP contribution is 2.21. The molecular formula is C11H17N. The third-order valence-corrected chi connectivity index (χ3v) is 2.88. The van der Waals surface area contributed by atoms with E-state index in [1.54, 1.807) is 0 Å². The van der Waals surface area contributed by atoms with Crippen LogP contribution in [0.2, 0.25) is 0 Å². The molecular weight excluding hydrogens is 146 g/mol.